The third-order valence-corrected chi connectivity index (χ3v) is 6.46. The van der Waals surface area contributed by atoms with Crippen LogP contribution in [0.4, 0.5) is 5.69 Å². The van der Waals surface area contributed by atoms with Gasteiger partial charge >= 0.3 is 0 Å². The fraction of sp³-hybridized carbons (Fsp3) is 0.526. The number of carbonyl (C=O) groups is 3. The molecule has 0 unspecified atom stereocenters. The Balaban J connectivity index is 1.89. The number of nitrogens with two attached hydrogens (primary N) is 1. The number of halogens is 1. The number of nitrogens with one attached hydrogen (secondary N) is 1. The number of hydrogen-bond acceptors (Lipinski definition) is 5. The summed E-state index contributed by atoms with van der Waals surface area (Å²) in [7, 11) is 1.49. The largest absolute Gasteiger partial charge is 0.387 e. The second-order valence-electron chi connectivity index (χ2n) is 7.78. The molecule has 4 rings (SSSR count). The molecule has 1 spiro atoms. The number of rotatable bonds is 4. The average molecular weight is 409 g/mol. The fourth-order valence-electron chi connectivity index (χ4n) is 5.02. The van der Waals surface area contributed by atoms with E-state index in [4.69, 9.17) is 16.3 Å². The van der Waals surface area contributed by atoms with Crippen LogP contribution in [0.3, 0.4) is 0 Å². The van der Waals surface area contributed by atoms with Crippen molar-refractivity contribution in [2.45, 2.75) is 31.5 Å². The molecule has 8 nitrogen and oxygen atoms in total. The van der Waals surface area contributed by atoms with E-state index in [-0.39, 0.29) is 25.0 Å². The number of amides is 3. The van der Waals surface area contributed by atoms with Crippen molar-refractivity contribution in [3.63, 3.8) is 0 Å². The third kappa shape index (κ3) is 2.38. The van der Waals surface area contributed by atoms with Gasteiger partial charge in [0.05, 0.1) is 18.8 Å². The van der Waals surface area contributed by atoms with E-state index in [1.54, 1.807) is 24.4 Å². The minimum atomic E-state index is -1.33. The SMILES string of the molecule is COCCN1C(=O)[C@@H]2[C@@H]([C@@H](C)O)[NH2+][C@@]3(C(=O)Nc4c(C)cc(Cl)cc43)[C@@H]2C1=O. The van der Waals surface area contributed by atoms with Gasteiger partial charge in [0.15, 0.2) is 0 Å². The third-order valence-electron chi connectivity index (χ3n) is 6.24. The number of likely N-dealkylation sites (tertiary alicyclic amines) is 1. The van der Waals surface area contributed by atoms with Crippen LogP contribution in [0, 0.1) is 18.8 Å². The van der Waals surface area contributed by atoms with Gasteiger partial charge in [0.25, 0.3) is 5.91 Å². The van der Waals surface area contributed by atoms with E-state index in [1.165, 1.54) is 7.11 Å². The summed E-state index contributed by atoms with van der Waals surface area (Å²) in [6, 6.07) is 2.80. The number of methoxy groups -OCH3 is 1. The first-order chi connectivity index (χ1) is 13.2. The van der Waals surface area contributed by atoms with Gasteiger partial charge in [0.1, 0.15) is 24.0 Å². The van der Waals surface area contributed by atoms with E-state index < -0.39 is 35.4 Å². The number of fused-ring (bicyclic) bond motifs is 4. The molecule has 1 aromatic carbocycles. The highest BCUT2D eigenvalue weighted by Crippen LogP contribution is 2.50. The highest BCUT2D eigenvalue weighted by Gasteiger charge is 2.74. The van der Waals surface area contributed by atoms with Crippen LogP contribution in [-0.4, -0.2) is 60.1 Å². The molecule has 3 amide bonds. The summed E-state index contributed by atoms with van der Waals surface area (Å²) < 4.78 is 5.02. The number of anilines is 1. The molecule has 28 heavy (non-hydrogen) atoms. The molecule has 9 heteroatoms. The predicted octanol–water partition coefficient (Wildman–Crippen LogP) is -0.630. The normalized spacial score (nSPS) is 32.1. The second-order valence-corrected chi connectivity index (χ2v) is 8.21. The van der Waals surface area contributed by atoms with Crippen LogP contribution in [0.1, 0.15) is 18.1 Å². The molecule has 1 aromatic rings. The lowest BCUT2D eigenvalue weighted by Crippen LogP contribution is -3.00. The monoisotopic (exact) mass is 408 g/mol. The Bertz CT molecular complexity index is 889. The van der Waals surface area contributed by atoms with E-state index in [9.17, 15) is 19.5 Å². The first kappa shape index (κ1) is 19.3. The zero-order valence-electron chi connectivity index (χ0n) is 15.9. The van der Waals surface area contributed by atoms with Gasteiger partial charge in [-0.2, -0.15) is 0 Å². The molecule has 3 aliphatic heterocycles. The number of ether oxygens (including phenoxy) is 1. The molecular formula is C19H23ClN3O5+. The Hall–Kier alpha value is -2.00. The van der Waals surface area contributed by atoms with Gasteiger partial charge in [-0.1, -0.05) is 11.6 Å². The van der Waals surface area contributed by atoms with Gasteiger partial charge in [-0.05, 0) is 31.5 Å². The Kier molecular flexibility index (Phi) is 4.50. The minimum Gasteiger partial charge on any atom is -0.387 e. The summed E-state index contributed by atoms with van der Waals surface area (Å²) in [5.74, 6) is -2.84. The lowest BCUT2D eigenvalue weighted by molar-refractivity contribution is -0.738. The number of imide groups is 1. The van der Waals surface area contributed by atoms with Crippen LogP contribution in [0.25, 0.3) is 0 Å². The van der Waals surface area contributed by atoms with Crippen LogP contribution in [0.5, 0.6) is 0 Å². The molecular weight excluding hydrogens is 386 g/mol. The van der Waals surface area contributed by atoms with Crippen molar-refractivity contribution in [2.75, 3.05) is 25.6 Å². The zero-order valence-corrected chi connectivity index (χ0v) is 16.6. The Labute approximate surface area is 167 Å². The Morgan fingerprint density at radius 2 is 2.07 bits per heavy atom. The maximum Gasteiger partial charge on any atom is 0.291 e. The standard InChI is InChI=1S/C19H22ClN3O5/c1-8-6-10(20)7-11-14(8)21-18(27)19(11)13-12(15(22-19)9(2)24)16(25)23(17(13)26)4-5-28-3/h6-7,9,12-13,15,22,24H,4-5H2,1-3H3,(H,21,27)/p+1/t9-,12+,13+,15-,19-/m1/s1. The average Bonchev–Trinajstić information content (AvgIpc) is 3.21. The van der Waals surface area contributed by atoms with Gasteiger partial charge in [-0.3, -0.25) is 19.3 Å². The Morgan fingerprint density at radius 1 is 1.36 bits per heavy atom. The first-order valence-corrected chi connectivity index (χ1v) is 9.62. The van der Waals surface area contributed by atoms with E-state index in [0.29, 0.717) is 16.3 Å². The summed E-state index contributed by atoms with van der Waals surface area (Å²) >= 11 is 6.26. The van der Waals surface area contributed by atoms with Crippen LogP contribution in [0.2, 0.25) is 5.02 Å². The molecule has 0 bridgehead atoms. The number of aryl methyl sites for hydroxylation is 1. The van der Waals surface area contributed by atoms with E-state index in [1.807, 2.05) is 6.92 Å². The van der Waals surface area contributed by atoms with Crippen molar-refractivity contribution in [3.05, 3.63) is 28.3 Å². The summed E-state index contributed by atoms with van der Waals surface area (Å²) in [4.78, 5) is 40.8. The lowest BCUT2D eigenvalue weighted by atomic mass is 9.76. The fourth-order valence-corrected chi connectivity index (χ4v) is 5.29. The predicted molar refractivity (Wildman–Crippen MR) is 99.5 cm³/mol. The molecule has 150 valence electrons. The van der Waals surface area contributed by atoms with Crippen molar-refractivity contribution in [1.29, 1.82) is 0 Å². The van der Waals surface area contributed by atoms with Gasteiger partial charge < -0.3 is 20.5 Å². The molecule has 3 heterocycles. The smallest absolute Gasteiger partial charge is 0.291 e. The highest BCUT2D eigenvalue weighted by molar-refractivity contribution is 6.31. The molecule has 2 saturated heterocycles. The summed E-state index contributed by atoms with van der Waals surface area (Å²) in [5, 5.41) is 15.4. The van der Waals surface area contributed by atoms with Crippen molar-refractivity contribution in [1.82, 2.24) is 4.90 Å². The number of nitrogens with zero attached hydrogens (tertiary/aromatic N) is 1. The van der Waals surface area contributed by atoms with Gasteiger partial charge in [0.2, 0.25) is 17.4 Å². The summed E-state index contributed by atoms with van der Waals surface area (Å²) in [5.41, 5.74) is 0.666. The number of quaternary nitrogens is 1. The van der Waals surface area contributed by atoms with Crippen LogP contribution in [-0.2, 0) is 24.7 Å². The molecule has 5 atom stereocenters. The zero-order chi connectivity index (χ0) is 20.4. The van der Waals surface area contributed by atoms with E-state index in [2.05, 4.69) is 5.32 Å². The summed E-state index contributed by atoms with van der Waals surface area (Å²) in [6.07, 6.45) is -0.886. The Morgan fingerprint density at radius 3 is 2.71 bits per heavy atom. The molecule has 0 aromatic heterocycles. The molecule has 0 aliphatic carbocycles. The van der Waals surface area contributed by atoms with Gasteiger partial charge in [0, 0.05) is 17.7 Å². The topological polar surface area (TPSA) is 113 Å². The minimum absolute atomic E-state index is 0.118. The number of aliphatic hydroxyl groups excluding tert-OH is 1. The maximum atomic E-state index is 13.3. The molecule has 2 fully saturated rings. The maximum absolute atomic E-state index is 13.3. The van der Waals surface area contributed by atoms with Crippen molar-refractivity contribution in [3.8, 4) is 0 Å². The number of carbonyl (C=O) groups excluding carboxylic acids is 3. The van der Waals surface area contributed by atoms with Crippen molar-refractivity contribution >= 4 is 35.0 Å². The van der Waals surface area contributed by atoms with Crippen molar-refractivity contribution in [2.24, 2.45) is 11.8 Å². The van der Waals surface area contributed by atoms with Crippen LogP contribution >= 0.6 is 11.6 Å². The highest BCUT2D eigenvalue weighted by atomic mass is 35.5. The molecule has 3 aliphatic rings. The number of hydrogen-bond donors (Lipinski definition) is 3. The van der Waals surface area contributed by atoms with Gasteiger partial charge in [-0.15, -0.1) is 0 Å². The number of benzene rings is 1. The van der Waals surface area contributed by atoms with E-state index >= 15 is 0 Å². The first-order valence-electron chi connectivity index (χ1n) is 9.24. The quantitative estimate of drug-likeness (QED) is 0.574. The second kappa shape index (κ2) is 6.52. The lowest BCUT2D eigenvalue weighted by Gasteiger charge is -2.27. The van der Waals surface area contributed by atoms with Crippen LogP contribution in [0.15, 0.2) is 12.1 Å². The van der Waals surface area contributed by atoms with Crippen molar-refractivity contribution < 1.29 is 29.5 Å². The van der Waals surface area contributed by atoms with Crippen LogP contribution < -0.4 is 10.6 Å². The molecule has 4 N–H and O–H groups in total. The van der Waals surface area contributed by atoms with Gasteiger partial charge in [-0.25, -0.2) is 0 Å². The molecule has 0 saturated carbocycles. The van der Waals surface area contributed by atoms with E-state index in [0.717, 1.165) is 10.5 Å². The number of aliphatic hydroxyl groups is 1. The summed E-state index contributed by atoms with van der Waals surface area (Å²) in [6.45, 7) is 3.73. The molecule has 0 radical (unpaired) electrons.